The van der Waals surface area contributed by atoms with Crippen LogP contribution in [0.2, 0.25) is 0 Å². The summed E-state index contributed by atoms with van der Waals surface area (Å²) < 4.78 is 5.46. The van der Waals surface area contributed by atoms with Crippen molar-refractivity contribution in [2.24, 2.45) is 5.92 Å². The third-order valence-corrected chi connectivity index (χ3v) is 6.09. The fourth-order valence-electron chi connectivity index (χ4n) is 3.96. The molecule has 1 rings (SSSR count). The molecule has 1 aromatic rings. The lowest BCUT2D eigenvalue weighted by molar-refractivity contribution is -0.149. The molecule has 0 saturated carbocycles. The van der Waals surface area contributed by atoms with Gasteiger partial charge in [-0.1, -0.05) is 69.9 Å². The summed E-state index contributed by atoms with van der Waals surface area (Å²) in [6, 6.07) is 6.01. The van der Waals surface area contributed by atoms with Gasteiger partial charge in [-0.15, -0.1) is 0 Å². The number of benzene rings is 1. The van der Waals surface area contributed by atoms with Gasteiger partial charge in [-0.05, 0) is 66.4 Å². The number of nitrogens with one attached hydrogen (secondary N) is 2. The molecule has 0 spiro atoms. The normalized spacial score (nSPS) is 14.4. The van der Waals surface area contributed by atoms with E-state index in [0.29, 0.717) is 13.0 Å². The molecule has 0 aliphatic carbocycles. The minimum atomic E-state index is -0.843. The third kappa shape index (κ3) is 9.82. The quantitative estimate of drug-likeness (QED) is 0.368. The number of carbonyl (C=O) groups excluding carboxylic acids is 3. The first-order valence-corrected chi connectivity index (χ1v) is 13.3. The van der Waals surface area contributed by atoms with Crippen LogP contribution in [0.25, 0.3) is 0 Å². The molecule has 0 aromatic heterocycles. The molecule has 0 radical (unpaired) electrons. The van der Waals surface area contributed by atoms with Gasteiger partial charge in [0.25, 0.3) is 0 Å². The Hall–Kier alpha value is -2.57. The van der Waals surface area contributed by atoms with Crippen molar-refractivity contribution in [3.63, 3.8) is 0 Å². The van der Waals surface area contributed by atoms with Gasteiger partial charge in [-0.25, -0.2) is 4.79 Å². The predicted octanol–water partition coefficient (Wildman–Crippen LogP) is 5.91. The Morgan fingerprint density at radius 1 is 0.972 bits per heavy atom. The first-order valence-electron chi connectivity index (χ1n) is 13.3. The highest BCUT2D eigenvalue weighted by Crippen LogP contribution is 2.31. The summed E-state index contributed by atoms with van der Waals surface area (Å²) in [7, 11) is 0. The lowest BCUT2D eigenvalue weighted by Crippen LogP contribution is -2.60. The van der Waals surface area contributed by atoms with E-state index in [1.165, 1.54) is 0 Å². The second-order valence-electron chi connectivity index (χ2n) is 11.7. The van der Waals surface area contributed by atoms with Crippen molar-refractivity contribution in [1.82, 2.24) is 15.5 Å². The number of nitrogens with zero attached hydrogens (tertiary/aromatic N) is 1. The molecule has 36 heavy (non-hydrogen) atoms. The van der Waals surface area contributed by atoms with E-state index in [9.17, 15) is 14.4 Å². The summed E-state index contributed by atoms with van der Waals surface area (Å²) >= 11 is 0. The van der Waals surface area contributed by atoms with Crippen molar-refractivity contribution < 1.29 is 19.1 Å². The number of ether oxygens (including phenoxy) is 1. The zero-order valence-corrected chi connectivity index (χ0v) is 24.2. The van der Waals surface area contributed by atoms with Crippen LogP contribution < -0.4 is 10.6 Å². The van der Waals surface area contributed by atoms with Crippen molar-refractivity contribution in [2.45, 2.75) is 118 Å². The van der Waals surface area contributed by atoms with Gasteiger partial charge in [0.1, 0.15) is 17.7 Å². The second kappa shape index (κ2) is 13.7. The van der Waals surface area contributed by atoms with Gasteiger partial charge < -0.3 is 20.3 Å². The van der Waals surface area contributed by atoms with Crippen LogP contribution in [-0.4, -0.2) is 46.5 Å². The van der Waals surface area contributed by atoms with E-state index >= 15 is 0 Å². The van der Waals surface area contributed by atoms with Crippen LogP contribution >= 0.6 is 0 Å². The van der Waals surface area contributed by atoms with Crippen LogP contribution in [0, 0.1) is 12.8 Å². The van der Waals surface area contributed by atoms with E-state index in [-0.39, 0.29) is 17.7 Å². The highest BCUT2D eigenvalue weighted by atomic mass is 16.6. The average molecular weight is 504 g/mol. The number of carbonyl (C=O) groups is 3. The van der Waals surface area contributed by atoms with E-state index in [1.54, 1.807) is 25.7 Å². The zero-order chi connectivity index (χ0) is 27.7. The van der Waals surface area contributed by atoms with Gasteiger partial charge in [-0.2, -0.15) is 0 Å². The summed E-state index contributed by atoms with van der Waals surface area (Å²) in [4.78, 5) is 42.2. The topological polar surface area (TPSA) is 87.7 Å². The van der Waals surface area contributed by atoms with E-state index in [2.05, 4.69) is 17.6 Å². The van der Waals surface area contributed by atoms with Crippen LogP contribution in [0.1, 0.15) is 105 Å². The van der Waals surface area contributed by atoms with E-state index in [4.69, 9.17) is 4.74 Å². The molecule has 7 heteroatoms. The largest absolute Gasteiger partial charge is 0.444 e. The fraction of sp³-hybridized carbons (Fsp3) is 0.690. The molecule has 0 heterocycles. The second-order valence-corrected chi connectivity index (χ2v) is 11.7. The minimum Gasteiger partial charge on any atom is -0.444 e. The van der Waals surface area contributed by atoms with Gasteiger partial charge >= 0.3 is 6.09 Å². The summed E-state index contributed by atoms with van der Waals surface area (Å²) in [6.45, 7) is 19.6. The van der Waals surface area contributed by atoms with Crippen molar-refractivity contribution in [3.8, 4) is 0 Å². The Kier molecular flexibility index (Phi) is 11.9. The zero-order valence-electron chi connectivity index (χ0n) is 24.2. The lowest BCUT2D eigenvalue weighted by Gasteiger charge is -2.44. The van der Waals surface area contributed by atoms with E-state index in [1.807, 2.05) is 65.8 Å². The van der Waals surface area contributed by atoms with Crippen LogP contribution in [0.15, 0.2) is 24.3 Å². The first kappa shape index (κ1) is 31.5. The minimum absolute atomic E-state index is 0.166. The number of aryl methyl sites for hydroxylation is 1. The third-order valence-electron chi connectivity index (χ3n) is 6.09. The molecule has 204 valence electrons. The first-order chi connectivity index (χ1) is 16.6. The molecule has 3 unspecified atom stereocenters. The van der Waals surface area contributed by atoms with Crippen LogP contribution in [0.3, 0.4) is 0 Å². The Morgan fingerprint density at radius 3 is 2.03 bits per heavy atom. The molecular weight excluding hydrogens is 454 g/mol. The Balaban J connectivity index is 3.49. The van der Waals surface area contributed by atoms with Crippen molar-refractivity contribution >= 4 is 17.9 Å². The van der Waals surface area contributed by atoms with Crippen LogP contribution in [-0.2, 0) is 14.3 Å². The molecule has 3 atom stereocenters. The lowest BCUT2D eigenvalue weighted by atomic mass is 9.91. The van der Waals surface area contributed by atoms with Crippen molar-refractivity contribution in [1.29, 1.82) is 0 Å². The SMILES string of the molecule is CCCCCNC(=O)C(c1ccc(C)cc1)N(C(=O)C(NC(=O)OC(C)(C)C)C(C)CC)C(C)(C)C. The highest BCUT2D eigenvalue weighted by molar-refractivity contribution is 5.92. The Labute approximate surface area is 218 Å². The van der Waals surface area contributed by atoms with E-state index < -0.39 is 29.3 Å². The molecule has 2 N–H and O–H groups in total. The molecule has 1 aromatic carbocycles. The smallest absolute Gasteiger partial charge is 0.408 e. The van der Waals surface area contributed by atoms with Gasteiger partial charge in [0.2, 0.25) is 11.8 Å². The summed E-state index contributed by atoms with van der Waals surface area (Å²) in [6.07, 6.45) is 2.97. The summed E-state index contributed by atoms with van der Waals surface area (Å²) in [5.41, 5.74) is 0.407. The molecule has 0 aliphatic rings. The van der Waals surface area contributed by atoms with Crippen molar-refractivity contribution in [3.05, 3.63) is 35.4 Å². The standard InChI is InChI=1S/C29H49N3O4/c1-11-13-14-19-30-25(33)24(22-17-15-20(3)16-18-22)32(28(5,6)7)26(34)23(21(4)12-2)31-27(35)36-29(8,9)10/h15-18,21,23-24H,11-14,19H2,1-10H3,(H,30,33)(H,31,35). The molecule has 3 amide bonds. The number of alkyl carbamates (subject to hydrolysis) is 1. The van der Waals surface area contributed by atoms with Crippen LogP contribution in [0.5, 0.6) is 0 Å². The van der Waals surface area contributed by atoms with E-state index in [0.717, 1.165) is 30.4 Å². The molecule has 0 aliphatic heterocycles. The van der Waals surface area contributed by atoms with Gasteiger partial charge in [0.05, 0.1) is 0 Å². The number of rotatable bonds is 11. The highest BCUT2D eigenvalue weighted by Gasteiger charge is 2.43. The number of amides is 3. The maximum absolute atomic E-state index is 14.2. The van der Waals surface area contributed by atoms with Crippen LogP contribution in [0.4, 0.5) is 4.79 Å². The van der Waals surface area contributed by atoms with Gasteiger partial charge in [0, 0.05) is 12.1 Å². The molecular formula is C29H49N3O4. The molecule has 0 bridgehead atoms. The Morgan fingerprint density at radius 2 is 1.56 bits per heavy atom. The molecule has 7 nitrogen and oxygen atoms in total. The number of hydrogen-bond acceptors (Lipinski definition) is 4. The van der Waals surface area contributed by atoms with Gasteiger partial charge in [-0.3, -0.25) is 9.59 Å². The predicted molar refractivity (Wildman–Crippen MR) is 146 cm³/mol. The summed E-state index contributed by atoms with van der Waals surface area (Å²) in [5, 5.41) is 5.85. The maximum atomic E-state index is 14.2. The number of unbranched alkanes of at least 4 members (excludes halogenated alkanes) is 2. The molecule has 0 saturated heterocycles. The monoisotopic (exact) mass is 503 g/mol. The maximum Gasteiger partial charge on any atom is 0.408 e. The average Bonchev–Trinajstić information content (AvgIpc) is 2.76. The van der Waals surface area contributed by atoms with Crippen molar-refractivity contribution in [2.75, 3.05) is 6.54 Å². The fourth-order valence-corrected chi connectivity index (χ4v) is 3.96. The summed E-state index contributed by atoms with van der Waals surface area (Å²) in [5.74, 6) is -0.698. The van der Waals surface area contributed by atoms with Gasteiger partial charge in [0.15, 0.2) is 0 Å². The molecule has 0 fully saturated rings. The number of hydrogen-bond donors (Lipinski definition) is 2. The Bertz CT molecular complexity index is 853.